The Kier molecular flexibility index (Phi) is 7.89. The molecule has 6 nitrogen and oxygen atoms in total. The molecule has 0 aromatic heterocycles. The summed E-state index contributed by atoms with van der Waals surface area (Å²) in [6.07, 6.45) is 1.96. The van der Waals surface area contributed by atoms with Crippen LogP contribution in [-0.4, -0.2) is 43.8 Å². The number of carbonyl (C=O) groups excluding carboxylic acids is 2. The Bertz CT molecular complexity index is 213. The summed E-state index contributed by atoms with van der Waals surface area (Å²) in [5, 5.41) is 10.6. The largest absolute Gasteiger partial charge is 0.349 e. The summed E-state index contributed by atoms with van der Waals surface area (Å²) in [5.74, 6) is -0.384. The normalized spacial score (nSPS) is 12.1. The number of rotatable bonds is 8. The minimum atomic E-state index is -0.636. The zero-order chi connectivity index (χ0) is 11.7. The summed E-state index contributed by atoms with van der Waals surface area (Å²) in [4.78, 5) is 21.6. The minimum absolute atomic E-state index is 0.190. The molecule has 1 atom stereocenters. The highest BCUT2D eigenvalue weighted by atomic mass is 16.5. The van der Waals surface area contributed by atoms with Crippen molar-refractivity contribution in [2.75, 3.05) is 13.1 Å². The second-order valence-electron chi connectivity index (χ2n) is 3.19. The van der Waals surface area contributed by atoms with E-state index in [9.17, 15) is 9.59 Å². The van der Waals surface area contributed by atoms with Crippen LogP contribution >= 0.6 is 0 Å². The highest BCUT2D eigenvalue weighted by molar-refractivity contribution is 6.58. The van der Waals surface area contributed by atoms with E-state index in [1.54, 1.807) is 0 Å². The molecule has 5 N–H and O–H groups in total. The van der Waals surface area contributed by atoms with Crippen LogP contribution in [0.25, 0.3) is 0 Å². The Labute approximate surface area is 90.0 Å². The molecule has 0 aromatic rings. The molecule has 15 heavy (non-hydrogen) atoms. The first kappa shape index (κ1) is 14.1. The van der Waals surface area contributed by atoms with Crippen LogP contribution in [0.4, 0.5) is 0 Å². The molecule has 7 heteroatoms. The van der Waals surface area contributed by atoms with Gasteiger partial charge in [0.2, 0.25) is 5.91 Å². The van der Waals surface area contributed by atoms with Crippen LogP contribution < -0.4 is 16.5 Å². The van der Waals surface area contributed by atoms with Crippen LogP contribution in [0.3, 0.4) is 0 Å². The van der Waals surface area contributed by atoms with Gasteiger partial charge < -0.3 is 21.1 Å². The molecule has 84 valence electrons. The Morgan fingerprint density at radius 3 is 2.60 bits per heavy atom. The molecule has 0 rings (SSSR count). The molecule has 0 aliphatic carbocycles. The van der Waals surface area contributed by atoms with Gasteiger partial charge in [0.15, 0.2) is 7.85 Å². The lowest BCUT2D eigenvalue weighted by Crippen LogP contribution is -2.42. The van der Waals surface area contributed by atoms with Gasteiger partial charge in [-0.3, -0.25) is 4.79 Å². The molecular formula is C8H16BN3O3. The molecule has 0 aromatic carbocycles. The van der Waals surface area contributed by atoms with Gasteiger partial charge in [0, 0.05) is 6.54 Å². The molecule has 0 heterocycles. The zero-order valence-corrected chi connectivity index (χ0v) is 8.53. The Morgan fingerprint density at radius 2 is 2.07 bits per heavy atom. The molecule has 0 aliphatic rings. The van der Waals surface area contributed by atoms with Crippen molar-refractivity contribution < 1.29 is 14.8 Å². The molecule has 0 bridgehead atoms. The van der Waals surface area contributed by atoms with Crippen molar-refractivity contribution in [1.82, 2.24) is 10.8 Å². The number of nitrogens with one attached hydrogen (secondary N) is 2. The van der Waals surface area contributed by atoms with Gasteiger partial charge in [-0.15, -0.1) is 0 Å². The first-order valence-corrected chi connectivity index (χ1v) is 4.76. The van der Waals surface area contributed by atoms with Crippen LogP contribution in [0, 0.1) is 0 Å². The van der Waals surface area contributed by atoms with Crippen molar-refractivity contribution in [2.45, 2.75) is 25.3 Å². The number of hydroxylamine groups is 1. The molecule has 0 saturated carbocycles. The van der Waals surface area contributed by atoms with Crippen LogP contribution in [0.1, 0.15) is 19.3 Å². The summed E-state index contributed by atoms with van der Waals surface area (Å²) in [6.45, 7) is 0.278. The quantitative estimate of drug-likeness (QED) is 0.218. The molecule has 1 amide bonds. The van der Waals surface area contributed by atoms with Gasteiger partial charge in [-0.05, 0) is 12.8 Å². The lowest BCUT2D eigenvalue weighted by Gasteiger charge is -2.10. The van der Waals surface area contributed by atoms with Crippen LogP contribution in [0.5, 0.6) is 0 Å². The maximum atomic E-state index is 11.2. The lowest BCUT2D eigenvalue weighted by atomic mass is 10.0. The fraction of sp³-hybridized carbons (Fsp3) is 0.750. The van der Waals surface area contributed by atoms with E-state index < -0.39 is 11.7 Å². The van der Waals surface area contributed by atoms with Crippen molar-refractivity contribution in [3.63, 3.8) is 0 Å². The maximum Gasteiger partial charge on any atom is 0.237 e. The van der Waals surface area contributed by atoms with Gasteiger partial charge in [-0.1, -0.05) is 6.42 Å². The Hall–Kier alpha value is -0.915. The van der Waals surface area contributed by atoms with Gasteiger partial charge in [0.25, 0.3) is 0 Å². The fourth-order valence-electron chi connectivity index (χ4n) is 1.00. The van der Waals surface area contributed by atoms with E-state index >= 15 is 0 Å². The first-order valence-electron chi connectivity index (χ1n) is 4.76. The van der Waals surface area contributed by atoms with E-state index in [1.807, 2.05) is 5.48 Å². The molecular weight excluding hydrogens is 197 g/mol. The highest BCUT2D eigenvalue weighted by Crippen LogP contribution is 1.98. The first-order chi connectivity index (χ1) is 7.07. The lowest BCUT2D eigenvalue weighted by molar-refractivity contribution is -0.124. The number of hydrogen-bond donors (Lipinski definition) is 4. The van der Waals surface area contributed by atoms with Crippen molar-refractivity contribution in [3.05, 3.63) is 0 Å². The number of carbonyl (C=O) groups is 2. The average Bonchev–Trinajstić information content (AvgIpc) is 2.20. The number of amides is 1. The monoisotopic (exact) mass is 213 g/mol. The topological polar surface area (TPSA) is 104 Å². The third-order valence-electron chi connectivity index (χ3n) is 1.83. The molecule has 0 spiro atoms. The van der Waals surface area contributed by atoms with E-state index in [1.165, 1.54) is 0 Å². The molecule has 0 fully saturated rings. The van der Waals surface area contributed by atoms with Crippen molar-refractivity contribution in [3.8, 4) is 0 Å². The molecule has 0 aliphatic heterocycles. The number of unbranched alkanes of at least 4 members (excludes halogenated alkanes) is 1. The van der Waals surface area contributed by atoms with Crippen molar-refractivity contribution >= 4 is 19.4 Å². The summed E-state index contributed by atoms with van der Waals surface area (Å²) in [7, 11) is 4.85. The van der Waals surface area contributed by atoms with E-state index in [0.29, 0.717) is 13.0 Å². The molecule has 0 saturated heterocycles. The van der Waals surface area contributed by atoms with Gasteiger partial charge >= 0.3 is 0 Å². The fourth-order valence-corrected chi connectivity index (χ4v) is 1.00. The number of nitrogens with two attached hydrogens (primary N) is 1. The predicted molar refractivity (Wildman–Crippen MR) is 55.4 cm³/mol. The van der Waals surface area contributed by atoms with E-state index in [0.717, 1.165) is 12.8 Å². The predicted octanol–water partition coefficient (Wildman–Crippen LogP) is -1.73. The second-order valence-corrected chi connectivity index (χ2v) is 3.19. The smallest absolute Gasteiger partial charge is 0.237 e. The standard InChI is InChI=1S/C8H16BN3O3/c9-7(13)5-11-8(14)6(10)3-1-2-4-12-15/h6,12,15H,1-5,10H2,(H,11,14)/t6-/m0/s1. The van der Waals surface area contributed by atoms with Crippen LogP contribution in [0.15, 0.2) is 0 Å². The van der Waals surface area contributed by atoms with Gasteiger partial charge in [0.05, 0.1) is 18.3 Å². The third kappa shape index (κ3) is 8.10. The summed E-state index contributed by atoms with van der Waals surface area (Å²) in [6, 6.07) is -0.636. The Balaban J connectivity index is 3.55. The van der Waals surface area contributed by atoms with Gasteiger partial charge in [-0.25, -0.2) is 5.48 Å². The number of hydrogen-bond acceptors (Lipinski definition) is 5. The highest BCUT2D eigenvalue weighted by Gasteiger charge is 2.12. The summed E-state index contributed by atoms with van der Waals surface area (Å²) >= 11 is 0. The van der Waals surface area contributed by atoms with E-state index in [2.05, 4.69) is 5.32 Å². The maximum absolute atomic E-state index is 11.2. The average molecular weight is 213 g/mol. The van der Waals surface area contributed by atoms with Crippen molar-refractivity contribution in [1.29, 1.82) is 0 Å². The van der Waals surface area contributed by atoms with E-state index in [4.69, 9.17) is 18.8 Å². The van der Waals surface area contributed by atoms with Crippen LogP contribution in [0.2, 0.25) is 0 Å². The zero-order valence-electron chi connectivity index (χ0n) is 8.53. The summed E-state index contributed by atoms with van der Waals surface area (Å²) < 4.78 is 0. The van der Waals surface area contributed by atoms with E-state index in [-0.39, 0.29) is 12.5 Å². The SMILES string of the molecule is [B]C(=O)CNC(=O)[C@@H](N)CCCCNO. The third-order valence-corrected chi connectivity index (χ3v) is 1.83. The summed E-state index contributed by atoms with van der Waals surface area (Å²) in [5.41, 5.74) is 6.95. The minimum Gasteiger partial charge on any atom is -0.349 e. The van der Waals surface area contributed by atoms with Gasteiger partial charge in [-0.2, -0.15) is 0 Å². The molecule has 0 unspecified atom stereocenters. The Morgan fingerprint density at radius 1 is 1.40 bits per heavy atom. The molecule has 2 radical (unpaired) electrons. The van der Waals surface area contributed by atoms with Crippen LogP contribution in [-0.2, 0) is 9.59 Å². The van der Waals surface area contributed by atoms with Gasteiger partial charge in [0.1, 0.15) is 0 Å². The second kappa shape index (κ2) is 8.40. The van der Waals surface area contributed by atoms with Crippen molar-refractivity contribution in [2.24, 2.45) is 5.73 Å².